The fraction of sp³-hybridized carbons (Fsp3) is 0.188. The maximum Gasteiger partial charge on any atom is 0.255 e. The Morgan fingerprint density at radius 2 is 1.70 bits per heavy atom. The highest BCUT2D eigenvalue weighted by Gasteiger charge is 2.45. The van der Waals surface area contributed by atoms with Crippen LogP contribution >= 0.6 is 0 Å². The van der Waals surface area contributed by atoms with Crippen molar-refractivity contribution in [1.29, 1.82) is 0 Å². The van der Waals surface area contributed by atoms with Crippen molar-refractivity contribution in [2.45, 2.75) is 18.4 Å². The second-order valence-corrected chi connectivity index (χ2v) is 5.00. The molecule has 2 aromatic carbocycles. The van der Waals surface area contributed by atoms with Crippen LogP contribution in [0.25, 0.3) is 0 Å². The van der Waals surface area contributed by atoms with Crippen molar-refractivity contribution in [2.75, 3.05) is 0 Å². The highest BCUT2D eigenvalue weighted by Crippen LogP contribution is 2.45. The Hall–Kier alpha value is -2.23. The average molecular weight is 273 g/mol. The van der Waals surface area contributed by atoms with Crippen molar-refractivity contribution < 1.29 is 13.6 Å². The third kappa shape index (κ3) is 2.18. The topological polar surface area (TPSA) is 29.1 Å². The molecule has 3 rings (SSSR count). The normalized spacial score (nSPS) is 15.7. The molecule has 20 heavy (non-hydrogen) atoms. The molecule has 2 nitrogen and oxygen atoms in total. The quantitative estimate of drug-likeness (QED) is 0.912. The number of carbonyl (C=O) groups excluding carboxylic acids is 1. The van der Waals surface area contributed by atoms with Crippen molar-refractivity contribution in [2.24, 2.45) is 0 Å². The molecule has 4 heteroatoms. The number of benzene rings is 2. The standard InChI is InChI=1S/C16H13F2NO/c17-13-8-4-7-12(14(13)18)15(20)19-16(9-10-16)11-5-2-1-3-6-11/h1-8H,9-10H2,(H,19,20). The summed E-state index contributed by atoms with van der Waals surface area (Å²) in [6, 6.07) is 13.1. The second-order valence-electron chi connectivity index (χ2n) is 5.00. The van der Waals surface area contributed by atoms with Gasteiger partial charge in [0.05, 0.1) is 11.1 Å². The van der Waals surface area contributed by atoms with Crippen molar-refractivity contribution >= 4 is 5.91 Å². The van der Waals surface area contributed by atoms with Gasteiger partial charge in [-0.15, -0.1) is 0 Å². The monoisotopic (exact) mass is 273 g/mol. The van der Waals surface area contributed by atoms with Crippen molar-refractivity contribution in [3.8, 4) is 0 Å². The number of hydrogen-bond acceptors (Lipinski definition) is 1. The van der Waals surface area contributed by atoms with Crippen LogP contribution in [-0.2, 0) is 5.54 Å². The molecule has 1 N–H and O–H groups in total. The van der Waals surface area contributed by atoms with Crippen LogP contribution in [0.1, 0.15) is 28.8 Å². The molecule has 2 aromatic rings. The van der Waals surface area contributed by atoms with E-state index in [0.717, 1.165) is 24.5 Å². The fourth-order valence-electron chi connectivity index (χ4n) is 2.33. The molecule has 0 bridgehead atoms. The van der Waals surface area contributed by atoms with E-state index in [4.69, 9.17) is 0 Å². The van der Waals surface area contributed by atoms with Gasteiger partial charge in [-0.25, -0.2) is 8.78 Å². The third-order valence-electron chi connectivity index (χ3n) is 3.63. The first kappa shape index (κ1) is 12.8. The summed E-state index contributed by atoms with van der Waals surface area (Å²) < 4.78 is 26.8. The number of amides is 1. The summed E-state index contributed by atoms with van der Waals surface area (Å²) in [6.45, 7) is 0. The zero-order chi connectivity index (χ0) is 14.2. The number of nitrogens with one attached hydrogen (secondary N) is 1. The summed E-state index contributed by atoms with van der Waals surface area (Å²) in [5.41, 5.74) is 0.300. The van der Waals surface area contributed by atoms with Gasteiger partial charge in [0, 0.05) is 0 Å². The summed E-state index contributed by atoms with van der Waals surface area (Å²) >= 11 is 0. The lowest BCUT2D eigenvalue weighted by Gasteiger charge is -2.18. The molecule has 1 aliphatic carbocycles. The first-order valence-corrected chi connectivity index (χ1v) is 6.44. The molecular weight excluding hydrogens is 260 g/mol. The van der Waals surface area contributed by atoms with Crippen LogP contribution in [0.3, 0.4) is 0 Å². The molecule has 102 valence electrons. The molecule has 1 saturated carbocycles. The van der Waals surface area contributed by atoms with Crippen LogP contribution in [-0.4, -0.2) is 5.91 Å². The Kier molecular flexibility index (Phi) is 3.01. The number of carbonyl (C=O) groups is 1. The maximum absolute atomic E-state index is 13.6. The first-order valence-electron chi connectivity index (χ1n) is 6.44. The minimum Gasteiger partial charge on any atom is -0.342 e. The van der Waals surface area contributed by atoms with Crippen molar-refractivity contribution in [3.05, 3.63) is 71.3 Å². The van der Waals surface area contributed by atoms with Gasteiger partial charge in [0.25, 0.3) is 5.91 Å². The van der Waals surface area contributed by atoms with Crippen molar-refractivity contribution in [3.63, 3.8) is 0 Å². The predicted octanol–water partition coefficient (Wildman–Crippen LogP) is 3.38. The van der Waals surface area contributed by atoms with Gasteiger partial charge >= 0.3 is 0 Å². The molecule has 1 fully saturated rings. The van der Waals surface area contributed by atoms with E-state index in [2.05, 4.69) is 5.32 Å². The van der Waals surface area contributed by atoms with E-state index >= 15 is 0 Å². The lowest BCUT2D eigenvalue weighted by molar-refractivity contribution is 0.0925. The molecule has 0 atom stereocenters. The molecule has 1 aliphatic rings. The Balaban J connectivity index is 1.85. The minimum absolute atomic E-state index is 0.257. The Morgan fingerprint density at radius 1 is 1.00 bits per heavy atom. The molecule has 0 radical (unpaired) electrons. The lowest BCUT2D eigenvalue weighted by atomic mass is 10.0. The van der Waals surface area contributed by atoms with Gasteiger partial charge in [0.15, 0.2) is 11.6 Å². The van der Waals surface area contributed by atoms with Crippen LogP contribution in [0.5, 0.6) is 0 Å². The van der Waals surface area contributed by atoms with E-state index < -0.39 is 23.1 Å². The summed E-state index contributed by atoms with van der Waals surface area (Å²) in [5, 5.41) is 2.82. The van der Waals surface area contributed by atoms with E-state index in [-0.39, 0.29) is 5.56 Å². The fourth-order valence-corrected chi connectivity index (χ4v) is 2.33. The zero-order valence-electron chi connectivity index (χ0n) is 10.7. The third-order valence-corrected chi connectivity index (χ3v) is 3.63. The molecular formula is C16H13F2NO. The largest absolute Gasteiger partial charge is 0.342 e. The summed E-state index contributed by atoms with van der Waals surface area (Å²) in [5.74, 6) is -2.69. The number of hydrogen-bond donors (Lipinski definition) is 1. The summed E-state index contributed by atoms with van der Waals surface area (Å²) in [7, 11) is 0. The Bertz CT molecular complexity index is 651. The molecule has 0 spiro atoms. The average Bonchev–Trinajstić information content (AvgIpc) is 3.23. The lowest BCUT2D eigenvalue weighted by Crippen LogP contribution is -2.35. The van der Waals surface area contributed by atoms with Crippen LogP contribution < -0.4 is 5.32 Å². The number of rotatable bonds is 3. The van der Waals surface area contributed by atoms with E-state index in [1.807, 2.05) is 30.3 Å². The van der Waals surface area contributed by atoms with Crippen LogP contribution in [0, 0.1) is 11.6 Å². The first-order chi connectivity index (χ1) is 9.62. The van der Waals surface area contributed by atoms with E-state index in [0.29, 0.717) is 0 Å². The molecule has 1 amide bonds. The van der Waals surface area contributed by atoms with Crippen LogP contribution in [0.4, 0.5) is 8.78 Å². The van der Waals surface area contributed by atoms with Crippen molar-refractivity contribution in [1.82, 2.24) is 5.32 Å². The predicted molar refractivity (Wildman–Crippen MR) is 71.2 cm³/mol. The van der Waals surface area contributed by atoms with Crippen LogP contribution in [0.2, 0.25) is 0 Å². The smallest absolute Gasteiger partial charge is 0.255 e. The molecule has 0 saturated heterocycles. The van der Waals surface area contributed by atoms with Gasteiger partial charge in [-0.1, -0.05) is 36.4 Å². The van der Waals surface area contributed by atoms with Gasteiger partial charge in [-0.2, -0.15) is 0 Å². The SMILES string of the molecule is O=C(NC1(c2ccccc2)CC1)c1cccc(F)c1F. The highest BCUT2D eigenvalue weighted by molar-refractivity contribution is 5.95. The molecule has 0 aromatic heterocycles. The van der Waals surface area contributed by atoms with Gasteiger partial charge in [-0.3, -0.25) is 4.79 Å². The van der Waals surface area contributed by atoms with Gasteiger partial charge in [0.1, 0.15) is 0 Å². The molecule has 0 heterocycles. The Morgan fingerprint density at radius 3 is 2.35 bits per heavy atom. The zero-order valence-corrected chi connectivity index (χ0v) is 10.7. The number of halogens is 2. The summed E-state index contributed by atoms with van der Waals surface area (Å²) in [4.78, 5) is 12.1. The van der Waals surface area contributed by atoms with Crippen LogP contribution in [0.15, 0.2) is 48.5 Å². The maximum atomic E-state index is 13.6. The van der Waals surface area contributed by atoms with E-state index in [1.165, 1.54) is 12.1 Å². The van der Waals surface area contributed by atoms with Gasteiger partial charge < -0.3 is 5.32 Å². The van der Waals surface area contributed by atoms with E-state index in [9.17, 15) is 13.6 Å². The summed E-state index contributed by atoms with van der Waals surface area (Å²) in [6.07, 6.45) is 1.61. The second kappa shape index (κ2) is 4.71. The minimum atomic E-state index is -1.10. The molecule has 0 unspecified atom stereocenters. The highest BCUT2D eigenvalue weighted by atomic mass is 19.2. The Labute approximate surface area is 115 Å². The van der Waals surface area contributed by atoms with E-state index in [1.54, 1.807) is 0 Å². The molecule has 0 aliphatic heterocycles. The van der Waals surface area contributed by atoms with Gasteiger partial charge in [0.2, 0.25) is 0 Å². The van der Waals surface area contributed by atoms with Gasteiger partial charge in [-0.05, 0) is 30.5 Å².